The van der Waals surface area contributed by atoms with Crippen molar-refractivity contribution in [2.75, 3.05) is 0 Å². The smallest absolute Gasteiger partial charge is 0.315 e. The van der Waals surface area contributed by atoms with Gasteiger partial charge in [-0.2, -0.15) is 0 Å². The summed E-state index contributed by atoms with van der Waals surface area (Å²) in [6, 6.07) is 6.73. The first-order valence-corrected chi connectivity index (χ1v) is 7.70. The van der Waals surface area contributed by atoms with E-state index in [0.717, 1.165) is 12.8 Å². The van der Waals surface area contributed by atoms with Crippen molar-refractivity contribution in [3.8, 4) is 0 Å². The number of nitrogens with one attached hydrogen (secondary N) is 2. The van der Waals surface area contributed by atoms with E-state index >= 15 is 0 Å². The van der Waals surface area contributed by atoms with Crippen molar-refractivity contribution in [1.82, 2.24) is 10.6 Å². The summed E-state index contributed by atoms with van der Waals surface area (Å²) in [4.78, 5) is 12.1. The van der Waals surface area contributed by atoms with Crippen molar-refractivity contribution in [2.24, 2.45) is 0 Å². The van der Waals surface area contributed by atoms with Crippen molar-refractivity contribution >= 4 is 6.03 Å². The molecule has 0 aromatic heterocycles. The van der Waals surface area contributed by atoms with E-state index in [2.05, 4.69) is 42.7 Å². The van der Waals surface area contributed by atoms with E-state index in [0.29, 0.717) is 6.04 Å². The second kappa shape index (κ2) is 6.78. The molecule has 3 nitrogen and oxygen atoms in total. The number of rotatable bonds is 3. The van der Waals surface area contributed by atoms with Gasteiger partial charge in [-0.05, 0) is 44.7 Å². The number of amides is 2. The Bertz CT molecular complexity index is 464. The van der Waals surface area contributed by atoms with Crippen molar-refractivity contribution < 1.29 is 4.79 Å². The molecule has 1 aliphatic rings. The Morgan fingerprint density at radius 3 is 2.60 bits per heavy atom. The first-order chi connectivity index (χ1) is 9.56. The number of benzene rings is 1. The summed E-state index contributed by atoms with van der Waals surface area (Å²) in [5.41, 5.74) is 3.65. The van der Waals surface area contributed by atoms with Gasteiger partial charge in [0.25, 0.3) is 0 Å². The first-order valence-electron chi connectivity index (χ1n) is 7.70. The molecule has 1 atom stereocenters. The summed E-state index contributed by atoms with van der Waals surface area (Å²) >= 11 is 0. The molecule has 0 spiro atoms. The maximum atomic E-state index is 12.1. The third-order valence-corrected chi connectivity index (χ3v) is 4.19. The molecule has 2 rings (SSSR count). The molecule has 1 aromatic rings. The molecular formula is C17H26N2O. The summed E-state index contributed by atoms with van der Waals surface area (Å²) < 4.78 is 0. The van der Waals surface area contributed by atoms with E-state index in [-0.39, 0.29) is 12.1 Å². The molecule has 2 amide bonds. The molecule has 1 fully saturated rings. The van der Waals surface area contributed by atoms with Crippen LogP contribution < -0.4 is 10.6 Å². The van der Waals surface area contributed by atoms with Gasteiger partial charge in [-0.3, -0.25) is 0 Å². The van der Waals surface area contributed by atoms with Crippen LogP contribution in [0.5, 0.6) is 0 Å². The number of hydrogen-bond donors (Lipinski definition) is 2. The fourth-order valence-corrected chi connectivity index (χ4v) is 2.97. The Morgan fingerprint density at radius 1 is 1.20 bits per heavy atom. The summed E-state index contributed by atoms with van der Waals surface area (Å²) in [7, 11) is 0. The maximum absolute atomic E-state index is 12.1. The largest absolute Gasteiger partial charge is 0.335 e. The van der Waals surface area contributed by atoms with Crippen molar-refractivity contribution in [3.05, 3.63) is 34.9 Å². The summed E-state index contributed by atoms with van der Waals surface area (Å²) in [5, 5.41) is 6.17. The van der Waals surface area contributed by atoms with Gasteiger partial charge in [0.05, 0.1) is 6.04 Å². The van der Waals surface area contributed by atoms with Crippen molar-refractivity contribution in [3.63, 3.8) is 0 Å². The zero-order chi connectivity index (χ0) is 14.5. The quantitative estimate of drug-likeness (QED) is 0.859. The van der Waals surface area contributed by atoms with Crippen molar-refractivity contribution in [1.29, 1.82) is 0 Å². The second-order valence-electron chi connectivity index (χ2n) is 6.03. The van der Waals surface area contributed by atoms with E-state index in [4.69, 9.17) is 0 Å². The molecule has 0 bridgehead atoms. The molecule has 110 valence electrons. The van der Waals surface area contributed by atoms with E-state index in [9.17, 15) is 4.79 Å². The van der Waals surface area contributed by atoms with E-state index in [1.54, 1.807) is 0 Å². The Balaban J connectivity index is 1.91. The predicted octanol–water partition coefficient (Wildman–Crippen LogP) is 4.00. The molecule has 0 heterocycles. The van der Waals surface area contributed by atoms with Crippen LogP contribution in [0.15, 0.2) is 18.2 Å². The van der Waals surface area contributed by atoms with Gasteiger partial charge in [0, 0.05) is 6.04 Å². The summed E-state index contributed by atoms with van der Waals surface area (Å²) in [5.74, 6) is 0. The first kappa shape index (κ1) is 14.9. The summed E-state index contributed by atoms with van der Waals surface area (Å²) in [6.07, 6.45) is 6.00. The minimum atomic E-state index is -0.0368. The zero-order valence-corrected chi connectivity index (χ0v) is 12.8. The highest BCUT2D eigenvalue weighted by Gasteiger charge is 2.17. The van der Waals surface area contributed by atoms with Crippen LogP contribution in [-0.2, 0) is 0 Å². The van der Waals surface area contributed by atoms with Crippen LogP contribution in [0.3, 0.4) is 0 Å². The minimum Gasteiger partial charge on any atom is -0.335 e. The Morgan fingerprint density at radius 2 is 1.90 bits per heavy atom. The lowest BCUT2D eigenvalue weighted by atomic mass is 9.96. The molecule has 1 saturated carbocycles. The second-order valence-corrected chi connectivity index (χ2v) is 6.03. The Kier molecular flexibility index (Phi) is 5.05. The molecule has 1 aromatic carbocycles. The van der Waals surface area contributed by atoms with Crippen LogP contribution in [0.4, 0.5) is 4.79 Å². The Labute approximate surface area is 122 Å². The van der Waals surface area contributed by atoms with Gasteiger partial charge in [0.15, 0.2) is 0 Å². The molecule has 20 heavy (non-hydrogen) atoms. The molecule has 0 aliphatic heterocycles. The SMILES string of the molecule is Cc1ccc(C)c([C@H](C)NC(=O)NC2CCCCC2)c1. The Hall–Kier alpha value is -1.51. The fourth-order valence-electron chi connectivity index (χ4n) is 2.97. The topological polar surface area (TPSA) is 41.1 Å². The lowest BCUT2D eigenvalue weighted by Gasteiger charge is -2.24. The van der Waals surface area contributed by atoms with Gasteiger partial charge in [-0.15, -0.1) is 0 Å². The lowest BCUT2D eigenvalue weighted by molar-refractivity contribution is 0.229. The van der Waals surface area contributed by atoms with Crippen LogP contribution in [-0.4, -0.2) is 12.1 Å². The number of aryl methyl sites for hydroxylation is 2. The minimum absolute atomic E-state index is 0.0368. The molecule has 3 heteroatoms. The number of urea groups is 1. The number of carbonyl (C=O) groups is 1. The van der Waals surface area contributed by atoms with Crippen LogP contribution in [0.2, 0.25) is 0 Å². The van der Waals surface area contributed by atoms with Gasteiger partial charge in [0.1, 0.15) is 0 Å². The van der Waals surface area contributed by atoms with Gasteiger partial charge in [-0.1, -0.05) is 43.0 Å². The number of carbonyl (C=O) groups excluding carboxylic acids is 1. The highest BCUT2D eigenvalue weighted by atomic mass is 16.2. The van der Waals surface area contributed by atoms with E-state index < -0.39 is 0 Å². The molecule has 0 saturated heterocycles. The van der Waals surface area contributed by atoms with Gasteiger partial charge in [0.2, 0.25) is 0 Å². The van der Waals surface area contributed by atoms with Crippen LogP contribution in [0.1, 0.15) is 61.8 Å². The van der Waals surface area contributed by atoms with Gasteiger partial charge < -0.3 is 10.6 Å². The molecular weight excluding hydrogens is 248 g/mol. The van der Waals surface area contributed by atoms with E-state index in [1.165, 1.54) is 36.0 Å². The molecule has 2 N–H and O–H groups in total. The molecule has 0 radical (unpaired) electrons. The van der Waals surface area contributed by atoms with Crippen LogP contribution >= 0.6 is 0 Å². The zero-order valence-electron chi connectivity index (χ0n) is 12.8. The highest BCUT2D eigenvalue weighted by molar-refractivity contribution is 5.74. The summed E-state index contributed by atoms with van der Waals surface area (Å²) in [6.45, 7) is 6.21. The van der Waals surface area contributed by atoms with Crippen LogP contribution in [0, 0.1) is 13.8 Å². The monoisotopic (exact) mass is 274 g/mol. The maximum Gasteiger partial charge on any atom is 0.315 e. The predicted molar refractivity (Wildman–Crippen MR) is 82.9 cm³/mol. The highest BCUT2D eigenvalue weighted by Crippen LogP contribution is 2.20. The third kappa shape index (κ3) is 3.99. The lowest BCUT2D eigenvalue weighted by Crippen LogP contribution is -2.43. The molecule has 1 aliphatic carbocycles. The third-order valence-electron chi connectivity index (χ3n) is 4.19. The normalized spacial score (nSPS) is 17.6. The van der Waals surface area contributed by atoms with Gasteiger partial charge in [-0.25, -0.2) is 4.79 Å². The molecule has 0 unspecified atom stereocenters. The average Bonchev–Trinajstić information content (AvgIpc) is 2.42. The van der Waals surface area contributed by atoms with E-state index in [1.807, 2.05) is 6.92 Å². The average molecular weight is 274 g/mol. The van der Waals surface area contributed by atoms with Crippen LogP contribution in [0.25, 0.3) is 0 Å². The number of hydrogen-bond acceptors (Lipinski definition) is 1. The standard InChI is InChI=1S/C17H26N2O/c1-12-9-10-13(2)16(11-12)14(3)18-17(20)19-15-7-5-4-6-8-15/h9-11,14-15H,4-8H2,1-3H3,(H2,18,19,20)/t14-/m0/s1. The van der Waals surface area contributed by atoms with Crippen molar-refractivity contribution in [2.45, 2.75) is 65.0 Å². The fraction of sp³-hybridized carbons (Fsp3) is 0.588. The van der Waals surface area contributed by atoms with Gasteiger partial charge >= 0.3 is 6.03 Å².